The van der Waals surface area contributed by atoms with Crippen LogP contribution in [0.2, 0.25) is 0 Å². The van der Waals surface area contributed by atoms with Gasteiger partial charge in [-0.15, -0.1) is 0 Å². The number of anilines is 2. The zero-order chi connectivity index (χ0) is 23.3. The number of halogens is 1. The molecule has 2 unspecified atom stereocenters. The third kappa shape index (κ3) is 2.98. The predicted molar refractivity (Wildman–Crippen MR) is 125 cm³/mol. The van der Waals surface area contributed by atoms with E-state index in [9.17, 15) is 19.7 Å². The number of hydrogen-bond donors (Lipinski definition) is 2. The summed E-state index contributed by atoms with van der Waals surface area (Å²) in [4.78, 5) is 37.6. The van der Waals surface area contributed by atoms with Gasteiger partial charge >= 0.3 is 0 Å². The third-order valence-electron chi connectivity index (χ3n) is 7.46. The van der Waals surface area contributed by atoms with Gasteiger partial charge in [-0.25, -0.2) is 0 Å². The van der Waals surface area contributed by atoms with Gasteiger partial charge in [0.05, 0.1) is 16.3 Å². The Hall–Kier alpha value is -3.07. The average molecular weight is 499 g/mol. The summed E-state index contributed by atoms with van der Waals surface area (Å²) in [6.45, 7) is 5.87. The van der Waals surface area contributed by atoms with E-state index in [1.54, 1.807) is 6.07 Å². The molecule has 0 spiro atoms. The number of nitro benzene ring substituents is 1. The van der Waals surface area contributed by atoms with Crippen LogP contribution in [0.15, 0.2) is 58.1 Å². The first-order valence-corrected chi connectivity index (χ1v) is 11.0. The molecule has 4 rings (SSSR count). The highest BCUT2D eigenvalue weighted by Crippen LogP contribution is 2.69. The Labute approximate surface area is 193 Å². The van der Waals surface area contributed by atoms with Gasteiger partial charge in [0.15, 0.2) is 5.78 Å². The zero-order valence-corrected chi connectivity index (χ0v) is 19.5. The Balaban J connectivity index is 1.66. The second-order valence-corrected chi connectivity index (χ2v) is 9.86. The first-order valence-electron chi connectivity index (χ1n) is 10.2. The quantitative estimate of drug-likeness (QED) is 0.335. The largest absolute Gasteiger partial charge is 0.324 e. The number of fused-ring (bicyclic) bond motifs is 2. The monoisotopic (exact) mass is 498 g/mol. The molecule has 2 atom stereocenters. The first kappa shape index (κ1) is 22.1. The molecule has 0 saturated heterocycles. The van der Waals surface area contributed by atoms with Gasteiger partial charge in [-0.2, -0.15) is 5.10 Å². The molecule has 2 bridgehead atoms. The summed E-state index contributed by atoms with van der Waals surface area (Å²) in [5.74, 6) is -0.612. The van der Waals surface area contributed by atoms with E-state index in [1.165, 1.54) is 24.3 Å². The number of rotatable bonds is 5. The molecule has 0 heterocycles. The van der Waals surface area contributed by atoms with Crippen molar-refractivity contribution < 1.29 is 14.5 Å². The van der Waals surface area contributed by atoms with Crippen LogP contribution in [0, 0.1) is 26.4 Å². The van der Waals surface area contributed by atoms with Crippen molar-refractivity contribution in [1.82, 2.24) is 0 Å². The number of hydrazone groups is 1. The molecule has 32 heavy (non-hydrogen) atoms. The molecule has 0 aliphatic heterocycles. The van der Waals surface area contributed by atoms with E-state index < -0.39 is 21.2 Å². The molecule has 166 valence electrons. The van der Waals surface area contributed by atoms with Crippen LogP contribution in [0.4, 0.5) is 17.1 Å². The number of amides is 1. The van der Waals surface area contributed by atoms with E-state index in [1.807, 2.05) is 39.0 Å². The highest BCUT2D eigenvalue weighted by atomic mass is 79.9. The number of ketones is 1. The fourth-order valence-electron chi connectivity index (χ4n) is 5.04. The van der Waals surface area contributed by atoms with Crippen molar-refractivity contribution in [2.45, 2.75) is 33.6 Å². The van der Waals surface area contributed by atoms with Crippen LogP contribution in [0.5, 0.6) is 0 Å². The summed E-state index contributed by atoms with van der Waals surface area (Å²) in [5, 5.41) is 18.2. The highest BCUT2D eigenvalue weighted by molar-refractivity contribution is 9.10. The van der Waals surface area contributed by atoms with Crippen molar-refractivity contribution >= 4 is 50.4 Å². The number of carbonyl (C=O) groups is 2. The van der Waals surface area contributed by atoms with Gasteiger partial charge in [0.1, 0.15) is 11.1 Å². The van der Waals surface area contributed by atoms with Crippen LogP contribution in [0.1, 0.15) is 33.6 Å². The second kappa shape index (κ2) is 7.51. The molecule has 0 aromatic heterocycles. The predicted octanol–water partition coefficient (Wildman–Crippen LogP) is 5.16. The second-order valence-electron chi connectivity index (χ2n) is 9.00. The van der Waals surface area contributed by atoms with Crippen molar-refractivity contribution in [3.8, 4) is 0 Å². The minimum Gasteiger partial charge on any atom is -0.324 e. The minimum absolute atomic E-state index is 0.0324. The lowest BCUT2D eigenvalue weighted by atomic mass is 9.64. The molecule has 2 fully saturated rings. The van der Waals surface area contributed by atoms with Gasteiger partial charge < -0.3 is 5.32 Å². The molecule has 2 aromatic rings. The standard InChI is InChI=1S/C23H23BrN4O4/c1-21(2)22(3)12-13-23(21,20(30)25-17-7-5-4-6-16(17)24)19(29)18(22)27-26-14-8-10-15(11-9-14)28(31)32/h4-11,26H,12-13H2,1-3H3,(H,25,30)/b27-18+. The number of nitro groups is 1. The van der Waals surface area contributed by atoms with E-state index >= 15 is 0 Å². The maximum atomic E-state index is 13.7. The smallest absolute Gasteiger partial charge is 0.269 e. The van der Waals surface area contributed by atoms with E-state index in [0.717, 1.165) is 4.47 Å². The van der Waals surface area contributed by atoms with Crippen molar-refractivity contribution in [3.63, 3.8) is 0 Å². The summed E-state index contributed by atoms with van der Waals surface area (Å²) < 4.78 is 0.738. The third-order valence-corrected chi connectivity index (χ3v) is 8.15. The topological polar surface area (TPSA) is 114 Å². The Morgan fingerprint density at radius 1 is 1.09 bits per heavy atom. The Bertz CT molecular complexity index is 1160. The SMILES string of the molecule is CC12CCC(C(=O)Nc3ccccc3Br)(C(=O)/C1=N\Nc1ccc([N+](=O)[O-])cc1)C2(C)C. The molecule has 2 saturated carbocycles. The number of benzene rings is 2. The van der Waals surface area contributed by atoms with Crippen molar-refractivity contribution in [2.75, 3.05) is 10.7 Å². The fourth-order valence-corrected chi connectivity index (χ4v) is 5.43. The van der Waals surface area contributed by atoms with Crippen LogP contribution in [-0.4, -0.2) is 22.3 Å². The van der Waals surface area contributed by atoms with Crippen molar-refractivity contribution in [1.29, 1.82) is 0 Å². The number of non-ortho nitro benzene ring substituents is 1. The number of carbonyl (C=O) groups excluding carboxylic acids is 2. The van der Waals surface area contributed by atoms with Gasteiger partial charge in [-0.05, 0) is 58.5 Å². The molecule has 9 heteroatoms. The maximum absolute atomic E-state index is 13.7. The first-order chi connectivity index (χ1) is 15.0. The fraction of sp³-hybridized carbons (Fsp3) is 0.348. The van der Waals surface area contributed by atoms with Gasteiger partial charge in [-0.1, -0.05) is 32.9 Å². The molecule has 2 N–H and O–H groups in total. The Morgan fingerprint density at radius 3 is 2.38 bits per heavy atom. The summed E-state index contributed by atoms with van der Waals surface area (Å²) >= 11 is 3.44. The molecule has 1 amide bonds. The summed E-state index contributed by atoms with van der Waals surface area (Å²) in [6.07, 6.45) is 1.10. The molecule has 2 aromatic carbocycles. The average Bonchev–Trinajstić information content (AvgIpc) is 3.03. The normalized spacial score (nSPS) is 26.9. The number of Topliss-reactive ketones (excluding diaryl/α,β-unsaturated/α-hetero) is 1. The van der Waals surface area contributed by atoms with Gasteiger partial charge in [0.25, 0.3) is 5.69 Å². The van der Waals surface area contributed by atoms with Crippen LogP contribution in [0.3, 0.4) is 0 Å². The van der Waals surface area contributed by atoms with E-state index in [2.05, 4.69) is 31.8 Å². The number of hydrogen-bond acceptors (Lipinski definition) is 6. The summed E-state index contributed by atoms with van der Waals surface area (Å²) in [7, 11) is 0. The molecule has 8 nitrogen and oxygen atoms in total. The molecule has 2 aliphatic carbocycles. The van der Waals surface area contributed by atoms with Gasteiger partial charge in [0.2, 0.25) is 5.91 Å². The molecule has 2 aliphatic rings. The van der Waals surface area contributed by atoms with E-state index in [-0.39, 0.29) is 17.4 Å². The Kier molecular flexibility index (Phi) is 5.20. The van der Waals surface area contributed by atoms with Crippen molar-refractivity contribution in [3.05, 3.63) is 63.1 Å². The zero-order valence-electron chi connectivity index (χ0n) is 17.9. The minimum atomic E-state index is -1.23. The maximum Gasteiger partial charge on any atom is 0.269 e. The lowest BCUT2D eigenvalue weighted by Gasteiger charge is -2.37. The molecule has 0 radical (unpaired) electrons. The van der Waals surface area contributed by atoms with Crippen LogP contribution < -0.4 is 10.7 Å². The van der Waals surface area contributed by atoms with E-state index in [4.69, 9.17) is 0 Å². The number of nitrogens with one attached hydrogen (secondary N) is 2. The highest BCUT2D eigenvalue weighted by Gasteiger charge is 2.76. The summed E-state index contributed by atoms with van der Waals surface area (Å²) in [6, 6.07) is 13.1. The molecular formula is C23H23BrN4O4. The van der Waals surface area contributed by atoms with Crippen LogP contribution in [-0.2, 0) is 9.59 Å². The summed E-state index contributed by atoms with van der Waals surface area (Å²) in [5.41, 5.74) is 1.80. The Morgan fingerprint density at radius 2 is 1.75 bits per heavy atom. The van der Waals surface area contributed by atoms with Gasteiger partial charge in [-0.3, -0.25) is 25.1 Å². The lowest BCUT2D eigenvalue weighted by molar-refractivity contribution is -0.384. The number of para-hydroxylation sites is 1. The molecular weight excluding hydrogens is 476 g/mol. The van der Waals surface area contributed by atoms with Crippen molar-refractivity contribution in [2.24, 2.45) is 21.3 Å². The van der Waals surface area contributed by atoms with Crippen LogP contribution >= 0.6 is 15.9 Å². The number of nitrogens with zero attached hydrogens (tertiary/aromatic N) is 2. The van der Waals surface area contributed by atoms with Gasteiger partial charge in [0, 0.05) is 22.0 Å². The van der Waals surface area contributed by atoms with Crippen LogP contribution in [0.25, 0.3) is 0 Å². The van der Waals surface area contributed by atoms with E-state index in [0.29, 0.717) is 29.9 Å². The lowest BCUT2D eigenvalue weighted by Crippen LogP contribution is -2.47.